The zero-order valence-electron chi connectivity index (χ0n) is 11.8. The summed E-state index contributed by atoms with van der Waals surface area (Å²) >= 11 is 0. The van der Waals surface area contributed by atoms with E-state index < -0.39 is 8.32 Å². The molecule has 0 saturated carbocycles. The summed E-state index contributed by atoms with van der Waals surface area (Å²) in [6.07, 6.45) is 6.11. The first-order valence-corrected chi connectivity index (χ1v) is 9.31. The van der Waals surface area contributed by atoms with Gasteiger partial charge in [0.15, 0.2) is 8.32 Å². The van der Waals surface area contributed by atoms with Crippen LogP contribution in [0.1, 0.15) is 32.4 Å². The van der Waals surface area contributed by atoms with Crippen LogP contribution in [0, 0.1) is 11.3 Å². The fourth-order valence-electron chi connectivity index (χ4n) is 1.58. The van der Waals surface area contributed by atoms with Gasteiger partial charge in [-0.25, -0.2) is 4.98 Å². The van der Waals surface area contributed by atoms with Crippen LogP contribution in [-0.4, -0.2) is 22.7 Å². The number of aromatic nitrogens is 2. The lowest BCUT2D eigenvalue weighted by molar-refractivity contribution is 0.450. The first kappa shape index (κ1) is 14.9. The summed E-state index contributed by atoms with van der Waals surface area (Å²) in [7, 11) is -2.13. The van der Waals surface area contributed by atoms with Gasteiger partial charge >= 0.3 is 0 Å². The number of rotatable bonds is 6. The Labute approximate surface area is 110 Å². The normalized spacial score (nSPS) is 12.4. The highest BCUT2D eigenvalue weighted by atomic mass is 28.4. The highest BCUT2D eigenvalue weighted by Crippen LogP contribution is 2.39. The van der Waals surface area contributed by atoms with E-state index in [-0.39, 0.29) is 5.04 Å². The van der Waals surface area contributed by atoms with Gasteiger partial charge in [0, 0.05) is 12.7 Å². The van der Waals surface area contributed by atoms with Crippen molar-refractivity contribution in [1.29, 1.82) is 5.26 Å². The van der Waals surface area contributed by atoms with Crippen LogP contribution >= 0.6 is 0 Å². The van der Waals surface area contributed by atoms with Crippen molar-refractivity contribution in [2.24, 2.45) is 0 Å². The van der Waals surface area contributed by atoms with Gasteiger partial charge in [-0.15, -0.1) is 0 Å². The molecule has 0 unspecified atom stereocenters. The highest BCUT2D eigenvalue weighted by molar-refractivity contribution is 6.72. The van der Waals surface area contributed by atoms with Gasteiger partial charge in [0.25, 0.3) is 0 Å². The van der Waals surface area contributed by atoms with E-state index in [1.807, 2.05) is 23.9 Å². The zero-order chi connectivity index (χ0) is 13.8. The summed E-state index contributed by atoms with van der Waals surface area (Å²) in [4.78, 5) is 14.6. The second-order valence-corrected chi connectivity index (χ2v) is 10.4. The SMILES string of the molecule is CC(C)(CCc1cn(CCC#N)cn1)[Si](C)(C)O. The third-order valence-electron chi connectivity index (χ3n) is 3.83. The van der Waals surface area contributed by atoms with Crippen molar-refractivity contribution in [2.75, 3.05) is 0 Å². The lowest BCUT2D eigenvalue weighted by Gasteiger charge is -2.34. The standard InChI is InChI=1S/C13H23N3OSi/c1-13(2,18(3,4)17)7-6-12-10-16(11-15-12)9-5-8-14/h10-11,17H,5-7,9H2,1-4H3. The van der Waals surface area contributed by atoms with E-state index in [0.717, 1.165) is 18.5 Å². The molecular formula is C13H23N3OSi. The first-order valence-electron chi connectivity index (χ1n) is 6.36. The van der Waals surface area contributed by atoms with Crippen LogP contribution in [0.25, 0.3) is 0 Å². The van der Waals surface area contributed by atoms with Gasteiger partial charge in [-0.3, -0.25) is 0 Å². The fourth-order valence-corrected chi connectivity index (χ4v) is 2.32. The molecule has 100 valence electrons. The molecule has 5 heteroatoms. The summed E-state index contributed by atoms with van der Waals surface area (Å²) in [6, 6.07) is 2.13. The molecule has 0 aromatic carbocycles. The lowest BCUT2D eigenvalue weighted by Crippen LogP contribution is -2.39. The Morgan fingerprint density at radius 1 is 1.50 bits per heavy atom. The maximum atomic E-state index is 10.2. The van der Waals surface area contributed by atoms with Gasteiger partial charge < -0.3 is 9.36 Å². The van der Waals surface area contributed by atoms with Crippen LogP contribution in [-0.2, 0) is 13.0 Å². The number of imidazole rings is 1. The summed E-state index contributed by atoms with van der Waals surface area (Å²) in [6.45, 7) is 8.93. The molecule has 4 nitrogen and oxygen atoms in total. The number of nitriles is 1. The molecule has 0 aliphatic carbocycles. The molecular weight excluding hydrogens is 242 g/mol. The molecule has 0 saturated heterocycles. The van der Waals surface area contributed by atoms with Crippen LogP contribution in [0.15, 0.2) is 12.5 Å². The molecule has 0 atom stereocenters. The molecule has 0 amide bonds. The Hall–Kier alpha value is -1.12. The van der Waals surface area contributed by atoms with Crippen LogP contribution in [0.3, 0.4) is 0 Å². The molecule has 0 spiro atoms. The van der Waals surface area contributed by atoms with Gasteiger partial charge in [0.05, 0.1) is 24.5 Å². The third-order valence-corrected chi connectivity index (χ3v) is 7.39. The molecule has 0 aliphatic rings. The fraction of sp³-hybridized carbons (Fsp3) is 0.692. The van der Waals surface area contributed by atoms with Gasteiger partial charge in [0.2, 0.25) is 0 Å². The zero-order valence-corrected chi connectivity index (χ0v) is 12.8. The number of hydrogen-bond acceptors (Lipinski definition) is 3. The number of nitrogens with zero attached hydrogens (tertiary/aromatic N) is 3. The largest absolute Gasteiger partial charge is 0.432 e. The molecule has 1 rings (SSSR count). The molecule has 1 aromatic rings. The van der Waals surface area contributed by atoms with Crippen LogP contribution in [0.5, 0.6) is 0 Å². The van der Waals surface area contributed by atoms with Gasteiger partial charge in [-0.1, -0.05) is 13.8 Å². The minimum atomic E-state index is -2.13. The summed E-state index contributed by atoms with van der Waals surface area (Å²) < 4.78 is 1.95. The average Bonchev–Trinajstić information content (AvgIpc) is 2.70. The molecule has 0 aliphatic heterocycles. The van der Waals surface area contributed by atoms with Crippen LogP contribution in [0.2, 0.25) is 18.1 Å². The maximum absolute atomic E-state index is 10.2. The van der Waals surface area contributed by atoms with Crippen LogP contribution < -0.4 is 0 Å². The topological polar surface area (TPSA) is 61.8 Å². The third kappa shape index (κ3) is 3.97. The number of hydrogen-bond donors (Lipinski definition) is 1. The van der Waals surface area contributed by atoms with E-state index >= 15 is 0 Å². The van der Waals surface area contributed by atoms with E-state index in [4.69, 9.17) is 5.26 Å². The van der Waals surface area contributed by atoms with E-state index in [1.54, 1.807) is 6.33 Å². The van der Waals surface area contributed by atoms with Crippen molar-refractivity contribution >= 4 is 8.32 Å². The van der Waals surface area contributed by atoms with Crippen molar-refractivity contribution in [2.45, 2.75) is 57.8 Å². The van der Waals surface area contributed by atoms with Crippen molar-refractivity contribution in [3.63, 3.8) is 0 Å². The van der Waals surface area contributed by atoms with Crippen molar-refractivity contribution in [3.05, 3.63) is 18.2 Å². The minimum Gasteiger partial charge on any atom is -0.432 e. The van der Waals surface area contributed by atoms with E-state index in [2.05, 4.69) is 24.9 Å². The highest BCUT2D eigenvalue weighted by Gasteiger charge is 2.37. The van der Waals surface area contributed by atoms with E-state index in [0.29, 0.717) is 13.0 Å². The summed E-state index contributed by atoms with van der Waals surface area (Å²) in [5, 5.41) is 8.52. The van der Waals surface area contributed by atoms with Gasteiger partial charge in [-0.05, 0) is 31.0 Å². The molecule has 1 heterocycles. The Morgan fingerprint density at radius 3 is 2.72 bits per heavy atom. The van der Waals surface area contributed by atoms with Crippen LogP contribution in [0.4, 0.5) is 0 Å². The first-order chi connectivity index (χ1) is 8.26. The van der Waals surface area contributed by atoms with Crippen molar-refractivity contribution < 1.29 is 4.80 Å². The van der Waals surface area contributed by atoms with Crippen molar-refractivity contribution in [3.8, 4) is 6.07 Å². The lowest BCUT2D eigenvalue weighted by atomic mass is 10.1. The predicted molar refractivity (Wildman–Crippen MR) is 74.5 cm³/mol. The smallest absolute Gasteiger partial charge is 0.188 e. The second-order valence-electron chi connectivity index (χ2n) is 5.95. The Bertz CT molecular complexity index is 426. The molecule has 0 fully saturated rings. The molecule has 1 N–H and O–H groups in total. The van der Waals surface area contributed by atoms with Gasteiger partial charge in [-0.2, -0.15) is 5.26 Å². The van der Waals surface area contributed by atoms with Crippen molar-refractivity contribution in [1.82, 2.24) is 9.55 Å². The molecule has 18 heavy (non-hydrogen) atoms. The molecule has 1 aromatic heterocycles. The second kappa shape index (κ2) is 5.68. The Morgan fingerprint density at radius 2 is 2.17 bits per heavy atom. The monoisotopic (exact) mass is 265 g/mol. The Balaban J connectivity index is 2.54. The Kier molecular flexibility index (Phi) is 4.71. The quantitative estimate of drug-likeness (QED) is 0.804. The summed E-state index contributed by atoms with van der Waals surface area (Å²) in [5.41, 5.74) is 1.04. The maximum Gasteiger partial charge on any atom is 0.188 e. The number of aryl methyl sites for hydroxylation is 2. The van der Waals surface area contributed by atoms with E-state index in [9.17, 15) is 4.80 Å². The molecule has 0 bridgehead atoms. The predicted octanol–water partition coefficient (Wildman–Crippen LogP) is 2.71. The van der Waals surface area contributed by atoms with E-state index in [1.165, 1.54) is 0 Å². The summed E-state index contributed by atoms with van der Waals surface area (Å²) in [5.74, 6) is 0. The van der Waals surface area contributed by atoms with Gasteiger partial charge in [0.1, 0.15) is 0 Å². The average molecular weight is 265 g/mol. The molecule has 0 radical (unpaired) electrons. The minimum absolute atomic E-state index is 0.0105.